The molecular weight excluding hydrogens is 180 g/mol. The molecule has 0 N–H and O–H groups in total. The Morgan fingerprint density at radius 1 is 1.43 bits per heavy atom. The molecule has 2 unspecified atom stereocenters. The second-order valence-electron chi connectivity index (χ2n) is 4.72. The zero-order valence-electron chi connectivity index (χ0n) is 9.09. The molecule has 0 aromatic carbocycles. The molecule has 78 valence electrons. The highest BCUT2D eigenvalue weighted by molar-refractivity contribution is 6.00. The van der Waals surface area contributed by atoms with E-state index in [1.54, 1.807) is 0 Å². The molecule has 1 aliphatic heterocycles. The van der Waals surface area contributed by atoms with Gasteiger partial charge in [0, 0.05) is 11.0 Å². The van der Waals surface area contributed by atoms with E-state index < -0.39 is 0 Å². The highest BCUT2D eigenvalue weighted by Crippen LogP contribution is 2.41. The van der Waals surface area contributed by atoms with Gasteiger partial charge in [0.15, 0.2) is 12.1 Å². The van der Waals surface area contributed by atoms with Crippen LogP contribution in [0.2, 0.25) is 0 Å². The molecule has 14 heavy (non-hydrogen) atoms. The number of ether oxygens (including phenoxy) is 2. The lowest BCUT2D eigenvalue weighted by Crippen LogP contribution is -2.35. The highest BCUT2D eigenvalue weighted by Gasteiger charge is 2.44. The molecule has 2 aliphatic rings. The first-order valence-corrected chi connectivity index (χ1v) is 4.99. The molecule has 0 saturated carbocycles. The number of ketones is 1. The van der Waals surface area contributed by atoms with Crippen LogP contribution in [0.4, 0.5) is 0 Å². The van der Waals surface area contributed by atoms with Gasteiger partial charge in [0.05, 0.1) is 0 Å². The van der Waals surface area contributed by atoms with Crippen molar-refractivity contribution in [2.45, 2.75) is 46.5 Å². The number of Topliss-reactive ketones (excluding diaryl/α,β-unsaturated/α-hetero) is 1. The Morgan fingerprint density at radius 3 is 2.71 bits per heavy atom. The Kier molecular flexibility index (Phi) is 1.96. The third-order valence-corrected chi connectivity index (χ3v) is 2.96. The molecule has 0 aromatic heterocycles. The zero-order chi connectivity index (χ0) is 10.5. The van der Waals surface area contributed by atoms with Gasteiger partial charge in [-0.05, 0) is 20.3 Å². The summed E-state index contributed by atoms with van der Waals surface area (Å²) < 4.78 is 11.1. The SMILES string of the molecule is CC1=C2OC(C)OC2CC(C)(C)C1=O. The van der Waals surface area contributed by atoms with E-state index >= 15 is 0 Å². The topological polar surface area (TPSA) is 35.5 Å². The lowest BCUT2D eigenvalue weighted by Gasteiger charge is -2.30. The average molecular weight is 196 g/mol. The van der Waals surface area contributed by atoms with Gasteiger partial charge in [-0.2, -0.15) is 0 Å². The van der Waals surface area contributed by atoms with E-state index in [1.165, 1.54) is 0 Å². The van der Waals surface area contributed by atoms with Crippen molar-refractivity contribution >= 4 is 5.78 Å². The third kappa shape index (κ3) is 1.27. The summed E-state index contributed by atoms with van der Waals surface area (Å²) in [6.45, 7) is 7.60. The lowest BCUT2D eigenvalue weighted by molar-refractivity contribution is -0.126. The van der Waals surface area contributed by atoms with Crippen LogP contribution in [0.15, 0.2) is 11.3 Å². The Hall–Kier alpha value is -0.830. The molecule has 2 rings (SSSR count). The number of allylic oxidation sites excluding steroid dienone is 1. The molecule has 2 atom stereocenters. The van der Waals surface area contributed by atoms with Crippen molar-refractivity contribution in [2.75, 3.05) is 0 Å². The maximum Gasteiger partial charge on any atom is 0.197 e. The van der Waals surface area contributed by atoms with E-state index in [1.807, 2.05) is 27.7 Å². The Balaban J connectivity index is 2.40. The minimum absolute atomic E-state index is 0.0160. The molecule has 1 fully saturated rings. The van der Waals surface area contributed by atoms with Crippen molar-refractivity contribution in [1.82, 2.24) is 0 Å². The maximum atomic E-state index is 11.9. The van der Waals surface area contributed by atoms with Crippen LogP contribution in [0.3, 0.4) is 0 Å². The van der Waals surface area contributed by atoms with Crippen molar-refractivity contribution in [2.24, 2.45) is 5.41 Å². The van der Waals surface area contributed by atoms with Crippen LogP contribution in [0.25, 0.3) is 0 Å². The smallest absolute Gasteiger partial charge is 0.197 e. The molecule has 3 nitrogen and oxygen atoms in total. The first-order valence-electron chi connectivity index (χ1n) is 4.99. The van der Waals surface area contributed by atoms with Crippen LogP contribution < -0.4 is 0 Å². The molecule has 1 saturated heterocycles. The maximum absolute atomic E-state index is 11.9. The van der Waals surface area contributed by atoms with Crippen molar-refractivity contribution in [3.63, 3.8) is 0 Å². The molecule has 0 aromatic rings. The summed E-state index contributed by atoms with van der Waals surface area (Å²) in [5.41, 5.74) is 0.418. The average Bonchev–Trinajstić information content (AvgIpc) is 2.41. The third-order valence-electron chi connectivity index (χ3n) is 2.96. The fourth-order valence-corrected chi connectivity index (χ4v) is 2.22. The Bertz CT molecular complexity index is 314. The summed E-state index contributed by atoms with van der Waals surface area (Å²) in [4.78, 5) is 11.9. The molecule has 1 aliphatic carbocycles. The molecule has 3 heteroatoms. The van der Waals surface area contributed by atoms with Gasteiger partial charge in [0.2, 0.25) is 0 Å². The van der Waals surface area contributed by atoms with Crippen molar-refractivity contribution < 1.29 is 14.3 Å². The van der Waals surface area contributed by atoms with E-state index in [-0.39, 0.29) is 23.6 Å². The predicted molar refractivity (Wildman–Crippen MR) is 51.5 cm³/mol. The fraction of sp³-hybridized carbons (Fsp3) is 0.727. The number of hydrogen-bond acceptors (Lipinski definition) is 3. The summed E-state index contributed by atoms with van der Waals surface area (Å²) >= 11 is 0. The molecule has 0 amide bonds. The minimum Gasteiger partial charge on any atom is -0.466 e. The van der Waals surface area contributed by atoms with Crippen molar-refractivity contribution in [1.29, 1.82) is 0 Å². The van der Waals surface area contributed by atoms with Crippen LogP contribution in [-0.4, -0.2) is 18.2 Å². The number of rotatable bonds is 0. The van der Waals surface area contributed by atoms with Crippen LogP contribution in [0.5, 0.6) is 0 Å². The number of carbonyl (C=O) groups excluding carboxylic acids is 1. The van der Waals surface area contributed by atoms with Gasteiger partial charge in [0.25, 0.3) is 0 Å². The van der Waals surface area contributed by atoms with Gasteiger partial charge in [-0.15, -0.1) is 0 Å². The second-order valence-corrected chi connectivity index (χ2v) is 4.72. The fourth-order valence-electron chi connectivity index (χ4n) is 2.22. The Labute approximate surface area is 84.1 Å². The molecule has 1 heterocycles. The number of carbonyl (C=O) groups is 1. The normalized spacial score (nSPS) is 35.6. The molecule has 0 spiro atoms. The summed E-state index contributed by atoms with van der Waals surface area (Å²) in [5.74, 6) is 0.934. The standard InChI is InChI=1S/C11H16O3/c1-6-9-8(13-7(2)14-9)5-11(3,4)10(6)12/h7-8H,5H2,1-4H3. The van der Waals surface area contributed by atoms with Crippen LogP contribution >= 0.6 is 0 Å². The van der Waals surface area contributed by atoms with E-state index in [9.17, 15) is 4.79 Å². The lowest BCUT2D eigenvalue weighted by atomic mass is 9.74. The highest BCUT2D eigenvalue weighted by atomic mass is 16.7. The largest absolute Gasteiger partial charge is 0.466 e. The summed E-state index contributed by atoms with van der Waals surface area (Å²) in [5, 5.41) is 0. The summed E-state index contributed by atoms with van der Waals surface area (Å²) in [6.07, 6.45) is 0.493. The summed E-state index contributed by atoms with van der Waals surface area (Å²) in [6, 6.07) is 0. The summed E-state index contributed by atoms with van der Waals surface area (Å²) in [7, 11) is 0. The molecule has 0 bridgehead atoms. The van der Waals surface area contributed by atoms with E-state index in [0.29, 0.717) is 0 Å². The molecule has 0 radical (unpaired) electrons. The quantitative estimate of drug-likeness (QED) is 0.594. The van der Waals surface area contributed by atoms with Gasteiger partial charge in [-0.1, -0.05) is 13.8 Å². The minimum atomic E-state index is -0.314. The van der Waals surface area contributed by atoms with E-state index in [0.717, 1.165) is 17.8 Å². The number of hydrogen-bond donors (Lipinski definition) is 0. The van der Waals surface area contributed by atoms with Gasteiger partial charge >= 0.3 is 0 Å². The predicted octanol–water partition coefficient (Wildman–Crippen LogP) is 2.02. The van der Waals surface area contributed by atoms with Crippen molar-refractivity contribution in [3.05, 3.63) is 11.3 Å². The number of fused-ring (bicyclic) bond motifs is 1. The van der Waals surface area contributed by atoms with Crippen LogP contribution in [0, 0.1) is 5.41 Å². The van der Waals surface area contributed by atoms with Crippen LogP contribution in [-0.2, 0) is 14.3 Å². The zero-order valence-corrected chi connectivity index (χ0v) is 9.09. The van der Waals surface area contributed by atoms with Gasteiger partial charge in [-0.3, -0.25) is 4.79 Å². The van der Waals surface area contributed by atoms with Gasteiger partial charge < -0.3 is 9.47 Å². The first kappa shape index (κ1) is 9.71. The van der Waals surface area contributed by atoms with Crippen molar-refractivity contribution in [3.8, 4) is 0 Å². The van der Waals surface area contributed by atoms with Gasteiger partial charge in [0.1, 0.15) is 11.9 Å². The van der Waals surface area contributed by atoms with Crippen LogP contribution in [0.1, 0.15) is 34.1 Å². The first-order chi connectivity index (χ1) is 6.42. The molecular formula is C11H16O3. The van der Waals surface area contributed by atoms with E-state index in [4.69, 9.17) is 9.47 Å². The van der Waals surface area contributed by atoms with E-state index in [2.05, 4.69) is 0 Å². The second kappa shape index (κ2) is 2.83. The Morgan fingerprint density at radius 2 is 2.07 bits per heavy atom. The monoisotopic (exact) mass is 196 g/mol. The van der Waals surface area contributed by atoms with Gasteiger partial charge in [-0.25, -0.2) is 0 Å².